The molecule has 2 amide bonds. The van der Waals surface area contributed by atoms with Crippen LogP contribution in [-0.2, 0) is 37.3 Å². The monoisotopic (exact) mass is 475 g/mol. The fourth-order valence-corrected chi connectivity index (χ4v) is 5.79. The highest BCUT2D eigenvalue weighted by atomic mass is 32.2. The van der Waals surface area contributed by atoms with Gasteiger partial charge in [-0.15, -0.1) is 0 Å². The highest BCUT2D eigenvalue weighted by molar-refractivity contribution is 7.89. The standard InChI is InChI=1S/C20H24F3N3O5S/c21-20(22,23)19(28)25-6-5-14-3-4-16(12-15(14)13-25)32(29,30)26-9-7-24(8-10-26)18(27)17-2-1-11-31-17/h3-4,12,17H,1-2,5-11,13H2. The van der Waals surface area contributed by atoms with Crippen LogP contribution in [0.5, 0.6) is 0 Å². The molecule has 0 N–H and O–H groups in total. The summed E-state index contributed by atoms with van der Waals surface area (Å²) < 4.78 is 71.3. The van der Waals surface area contributed by atoms with Gasteiger partial charge in [0.05, 0.1) is 4.90 Å². The topological polar surface area (TPSA) is 87.2 Å². The van der Waals surface area contributed by atoms with Gasteiger partial charge in [0.1, 0.15) is 6.10 Å². The van der Waals surface area contributed by atoms with Crippen molar-refractivity contribution >= 4 is 21.8 Å². The van der Waals surface area contributed by atoms with E-state index in [0.717, 1.165) is 12.0 Å². The molecule has 4 rings (SSSR count). The molecule has 1 aromatic rings. The summed E-state index contributed by atoms with van der Waals surface area (Å²) in [4.78, 5) is 26.3. The largest absolute Gasteiger partial charge is 0.471 e. The van der Waals surface area contributed by atoms with E-state index < -0.39 is 28.2 Å². The van der Waals surface area contributed by atoms with Gasteiger partial charge in [-0.25, -0.2) is 8.42 Å². The second-order valence-corrected chi connectivity index (χ2v) is 10.1. The van der Waals surface area contributed by atoms with Crippen LogP contribution < -0.4 is 0 Å². The van der Waals surface area contributed by atoms with E-state index >= 15 is 0 Å². The van der Waals surface area contributed by atoms with Crippen molar-refractivity contribution < 1.29 is 35.9 Å². The predicted octanol–water partition coefficient (Wildman–Crippen LogP) is 1.15. The molecule has 0 aromatic heterocycles. The Bertz CT molecular complexity index is 1000. The molecule has 3 aliphatic heterocycles. The highest BCUT2D eigenvalue weighted by Gasteiger charge is 2.43. The van der Waals surface area contributed by atoms with Gasteiger partial charge in [-0.2, -0.15) is 17.5 Å². The summed E-state index contributed by atoms with van der Waals surface area (Å²) in [5.74, 6) is -2.05. The number of amides is 2. The number of carbonyl (C=O) groups is 2. The van der Waals surface area contributed by atoms with Gasteiger partial charge >= 0.3 is 12.1 Å². The molecule has 0 radical (unpaired) electrons. The molecular weight excluding hydrogens is 451 g/mol. The van der Waals surface area contributed by atoms with Gasteiger partial charge in [0.15, 0.2) is 0 Å². The van der Waals surface area contributed by atoms with Crippen molar-refractivity contribution in [1.29, 1.82) is 0 Å². The van der Waals surface area contributed by atoms with E-state index in [2.05, 4.69) is 0 Å². The van der Waals surface area contributed by atoms with Crippen LogP contribution in [0.1, 0.15) is 24.0 Å². The van der Waals surface area contributed by atoms with Crippen molar-refractivity contribution in [2.75, 3.05) is 39.3 Å². The summed E-state index contributed by atoms with van der Waals surface area (Å²) in [6.07, 6.45) is -3.71. The lowest BCUT2D eigenvalue weighted by Crippen LogP contribution is -2.52. The molecule has 0 aliphatic carbocycles. The fourth-order valence-electron chi connectivity index (χ4n) is 4.32. The van der Waals surface area contributed by atoms with E-state index in [1.54, 1.807) is 11.0 Å². The molecule has 3 aliphatic rings. The molecule has 0 saturated carbocycles. The number of benzene rings is 1. The van der Waals surface area contributed by atoms with Crippen LogP contribution in [0.3, 0.4) is 0 Å². The molecule has 0 spiro atoms. The minimum atomic E-state index is -4.97. The number of ether oxygens (including phenoxy) is 1. The van der Waals surface area contributed by atoms with Crippen LogP contribution in [0.2, 0.25) is 0 Å². The average molecular weight is 475 g/mol. The normalized spacial score (nSPS) is 22.7. The maximum absolute atomic E-state index is 13.1. The zero-order chi connectivity index (χ0) is 23.1. The average Bonchev–Trinajstić information content (AvgIpc) is 3.31. The van der Waals surface area contributed by atoms with Crippen molar-refractivity contribution in [3.05, 3.63) is 29.3 Å². The van der Waals surface area contributed by atoms with E-state index in [1.165, 1.54) is 16.4 Å². The minimum absolute atomic E-state index is 0.0311. The Hall–Kier alpha value is -2.18. The number of sulfonamides is 1. The van der Waals surface area contributed by atoms with Gasteiger partial charge in [-0.3, -0.25) is 9.59 Å². The first-order chi connectivity index (χ1) is 15.1. The van der Waals surface area contributed by atoms with E-state index in [0.29, 0.717) is 23.5 Å². The zero-order valence-electron chi connectivity index (χ0n) is 17.3. The molecule has 1 atom stereocenters. The number of halogens is 3. The van der Waals surface area contributed by atoms with Gasteiger partial charge in [0.2, 0.25) is 10.0 Å². The summed E-state index contributed by atoms with van der Waals surface area (Å²) in [5, 5.41) is 0. The van der Waals surface area contributed by atoms with Gasteiger partial charge in [-0.05, 0) is 42.5 Å². The molecule has 1 unspecified atom stereocenters. The molecule has 3 heterocycles. The van der Waals surface area contributed by atoms with Crippen LogP contribution in [0.15, 0.2) is 23.1 Å². The third-order valence-electron chi connectivity index (χ3n) is 6.11. The van der Waals surface area contributed by atoms with Gasteiger partial charge in [0.25, 0.3) is 5.91 Å². The van der Waals surface area contributed by atoms with Crippen LogP contribution in [0.25, 0.3) is 0 Å². The Morgan fingerprint density at radius 1 is 1.00 bits per heavy atom. The summed E-state index contributed by atoms with van der Waals surface area (Å²) in [6.45, 7) is 0.925. The molecule has 0 bridgehead atoms. The minimum Gasteiger partial charge on any atom is -0.368 e. The lowest BCUT2D eigenvalue weighted by Gasteiger charge is -2.35. The van der Waals surface area contributed by atoms with Crippen molar-refractivity contribution in [3.63, 3.8) is 0 Å². The Balaban J connectivity index is 1.45. The van der Waals surface area contributed by atoms with E-state index in [4.69, 9.17) is 4.74 Å². The van der Waals surface area contributed by atoms with Crippen molar-refractivity contribution in [2.45, 2.75) is 43.0 Å². The van der Waals surface area contributed by atoms with Crippen molar-refractivity contribution in [3.8, 4) is 0 Å². The predicted molar refractivity (Wildman–Crippen MR) is 106 cm³/mol. The van der Waals surface area contributed by atoms with Crippen LogP contribution in [0.4, 0.5) is 13.2 Å². The number of rotatable bonds is 3. The SMILES string of the molecule is O=C(C1CCCO1)N1CCN(S(=O)(=O)c2ccc3c(c2)CN(C(=O)C(F)(F)F)CC3)CC1. The third-order valence-corrected chi connectivity index (χ3v) is 8.01. The summed E-state index contributed by atoms with van der Waals surface area (Å²) in [7, 11) is -3.89. The number of nitrogens with zero attached hydrogens (tertiary/aromatic N) is 3. The summed E-state index contributed by atoms with van der Waals surface area (Å²) >= 11 is 0. The first kappa shape index (κ1) is 23.0. The highest BCUT2D eigenvalue weighted by Crippen LogP contribution is 2.28. The van der Waals surface area contributed by atoms with E-state index in [9.17, 15) is 31.2 Å². The van der Waals surface area contributed by atoms with Crippen molar-refractivity contribution in [1.82, 2.24) is 14.1 Å². The lowest BCUT2D eigenvalue weighted by atomic mass is 10.00. The van der Waals surface area contributed by atoms with E-state index in [1.807, 2.05) is 0 Å². The molecule has 2 fully saturated rings. The van der Waals surface area contributed by atoms with Crippen molar-refractivity contribution in [2.24, 2.45) is 0 Å². The van der Waals surface area contributed by atoms with Crippen LogP contribution in [-0.4, -0.2) is 85.9 Å². The first-order valence-corrected chi connectivity index (χ1v) is 11.9. The summed E-state index contributed by atoms with van der Waals surface area (Å²) in [6, 6.07) is 4.39. The second-order valence-electron chi connectivity index (χ2n) is 8.14. The van der Waals surface area contributed by atoms with Gasteiger partial charge < -0.3 is 14.5 Å². The number of carbonyl (C=O) groups excluding carboxylic acids is 2. The number of alkyl halides is 3. The first-order valence-electron chi connectivity index (χ1n) is 10.5. The second kappa shape index (κ2) is 8.64. The number of fused-ring (bicyclic) bond motifs is 1. The number of piperazine rings is 1. The number of hydrogen-bond acceptors (Lipinski definition) is 5. The Labute approximate surface area is 183 Å². The smallest absolute Gasteiger partial charge is 0.368 e. The zero-order valence-corrected chi connectivity index (χ0v) is 18.1. The third kappa shape index (κ3) is 4.48. The van der Waals surface area contributed by atoms with E-state index in [-0.39, 0.29) is 56.5 Å². The quantitative estimate of drug-likeness (QED) is 0.655. The maximum atomic E-state index is 13.1. The molecule has 8 nitrogen and oxygen atoms in total. The Morgan fingerprint density at radius 3 is 2.34 bits per heavy atom. The molecular formula is C20H24F3N3O5S. The summed E-state index contributed by atoms with van der Waals surface area (Å²) in [5.41, 5.74) is 1.12. The Kier molecular flexibility index (Phi) is 6.21. The molecule has 32 heavy (non-hydrogen) atoms. The van der Waals surface area contributed by atoms with Gasteiger partial charge in [0, 0.05) is 45.9 Å². The fraction of sp³-hybridized carbons (Fsp3) is 0.600. The maximum Gasteiger partial charge on any atom is 0.471 e. The molecule has 2 saturated heterocycles. The lowest BCUT2D eigenvalue weighted by molar-refractivity contribution is -0.186. The molecule has 176 valence electrons. The number of hydrogen-bond donors (Lipinski definition) is 0. The molecule has 1 aromatic carbocycles. The Morgan fingerprint density at radius 2 is 1.72 bits per heavy atom. The van der Waals surface area contributed by atoms with Crippen LogP contribution >= 0.6 is 0 Å². The molecule has 12 heteroatoms. The van der Waals surface area contributed by atoms with Crippen LogP contribution in [0, 0.1) is 0 Å². The van der Waals surface area contributed by atoms with Gasteiger partial charge in [-0.1, -0.05) is 6.07 Å².